The van der Waals surface area contributed by atoms with Crippen LogP contribution in [0.2, 0.25) is 0 Å². The van der Waals surface area contributed by atoms with Crippen molar-refractivity contribution in [2.45, 2.75) is 39.3 Å². The van der Waals surface area contributed by atoms with E-state index in [4.69, 9.17) is 15.2 Å². The van der Waals surface area contributed by atoms with Gasteiger partial charge in [0.2, 0.25) is 0 Å². The van der Waals surface area contributed by atoms with Gasteiger partial charge in [-0.3, -0.25) is 4.79 Å². The first kappa shape index (κ1) is 16.8. The number of nitrogens with two attached hydrogens (primary N) is 1. The lowest BCUT2D eigenvalue weighted by molar-refractivity contribution is -0.130. The number of esters is 1. The summed E-state index contributed by atoms with van der Waals surface area (Å²) in [7, 11) is 1.48. The van der Waals surface area contributed by atoms with E-state index in [1.165, 1.54) is 26.2 Å². The van der Waals surface area contributed by atoms with Gasteiger partial charge in [-0.05, 0) is 39.8 Å². The third-order valence-electron chi connectivity index (χ3n) is 2.55. The smallest absolute Gasteiger partial charge is 0.339 e. The Kier molecular flexibility index (Phi) is 5.18. The molecule has 0 heterocycles. The van der Waals surface area contributed by atoms with Gasteiger partial charge in [0.05, 0.1) is 12.7 Å². The summed E-state index contributed by atoms with van der Waals surface area (Å²) in [5.74, 6) is -0.530. The largest absolute Gasteiger partial charge is 0.497 e. The molecule has 0 spiro atoms. The molecule has 1 amide bonds. The maximum atomic E-state index is 12.0. The van der Waals surface area contributed by atoms with Gasteiger partial charge in [-0.25, -0.2) is 4.79 Å². The minimum absolute atomic E-state index is 0.238. The molecule has 1 aromatic rings. The topological polar surface area (TPSA) is 90.7 Å². The number of nitrogen functional groups attached to an aromatic ring is 1. The minimum Gasteiger partial charge on any atom is -0.497 e. The molecule has 0 saturated carbocycles. The summed E-state index contributed by atoms with van der Waals surface area (Å²) in [6.07, 6.45) is -0.899. The van der Waals surface area contributed by atoms with E-state index in [9.17, 15) is 9.59 Å². The van der Waals surface area contributed by atoms with Crippen LogP contribution in [-0.2, 0) is 9.53 Å². The Morgan fingerprint density at radius 2 is 1.86 bits per heavy atom. The van der Waals surface area contributed by atoms with Crippen LogP contribution in [0.5, 0.6) is 5.75 Å². The van der Waals surface area contributed by atoms with Gasteiger partial charge in [0.25, 0.3) is 5.91 Å². The van der Waals surface area contributed by atoms with Crippen LogP contribution in [0, 0.1) is 0 Å². The van der Waals surface area contributed by atoms with Gasteiger partial charge in [-0.1, -0.05) is 0 Å². The zero-order valence-electron chi connectivity index (χ0n) is 13.0. The summed E-state index contributed by atoms with van der Waals surface area (Å²) < 4.78 is 10.2. The Bertz CT molecular complexity index is 535. The lowest BCUT2D eigenvalue weighted by Gasteiger charge is -2.23. The maximum Gasteiger partial charge on any atom is 0.339 e. The molecule has 0 aliphatic carbocycles. The summed E-state index contributed by atoms with van der Waals surface area (Å²) in [5.41, 5.74) is 5.91. The molecule has 6 nitrogen and oxygen atoms in total. The molecule has 3 N–H and O–H groups in total. The van der Waals surface area contributed by atoms with Crippen molar-refractivity contribution in [1.29, 1.82) is 0 Å². The molecule has 1 aromatic carbocycles. The number of ether oxygens (including phenoxy) is 2. The predicted molar refractivity (Wildman–Crippen MR) is 80.2 cm³/mol. The third kappa shape index (κ3) is 5.33. The molecule has 0 radical (unpaired) electrons. The number of carbonyl (C=O) groups is 2. The molecule has 0 bridgehead atoms. The molecule has 0 saturated heterocycles. The van der Waals surface area contributed by atoms with Crippen molar-refractivity contribution >= 4 is 17.6 Å². The Morgan fingerprint density at radius 3 is 2.38 bits per heavy atom. The van der Waals surface area contributed by atoms with Gasteiger partial charge in [0, 0.05) is 17.3 Å². The molecule has 116 valence electrons. The van der Waals surface area contributed by atoms with Gasteiger partial charge >= 0.3 is 5.97 Å². The number of methoxy groups -OCH3 is 1. The molecule has 1 atom stereocenters. The zero-order chi connectivity index (χ0) is 16.2. The normalized spacial score (nSPS) is 12.4. The van der Waals surface area contributed by atoms with Gasteiger partial charge in [-0.15, -0.1) is 0 Å². The Morgan fingerprint density at radius 1 is 1.24 bits per heavy atom. The number of nitrogens with one attached hydrogen (secondary N) is 1. The van der Waals surface area contributed by atoms with Crippen LogP contribution in [0.25, 0.3) is 0 Å². The Balaban J connectivity index is 2.77. The summed E-state index contributed by atoms with van der Waals surface area (Å²) >= 11 is 0. The van der Waals surface area contributed by atoms with Crippen molar-refractivity contribution < 1.29 is 19.1 Å². The lowest BCUT2D eigenvalue weighted by atomic mass is 10.1. The second-order valence-corrected chi connectivity index (χ2v) is 5.78. The van der Waals surface area contributed by atoms with E-state index < -0.39 is 17.6 Å². The van der Waals surface area contributed by atoms with Crippen LogP contribution in [0.4, 0.5) is 5.69 Å². The van der Waals surface area contributed by atoms with Gasteiger partial charge < -0.3 is 20.5 Å². The van der Waals surface area contributed by atoms with Crippen LogP contribution in [0.1, 0.15) is 38.1 Å². The van der Waals surface area contributed by atoms with E-state index in [2.05, 4.69) is 5.32 Å². The molecule has 0 aliphatic heterocycles. The molecule has 6 heteroatoms. The van der Waals surface area contributed by atoms with Gasteiger partial charge in [0.15, 0.2) is 6.10 Å². The molecule has 21 heavy (non-hydrogen) atoms. The number of rotatable bonds is 4. The minimum atomic E-state index is -0.899. The van der Waals surface area contributed by atoms with E-state index in [1.807, 2.05) is 20.8 Å². The summed E-state index contributed by atoms with van der Waals surface area (Å²) in [6.45, 7) is 7.06. The van der Waals surface area contributed by atoms with E-state index in [-0.39, 0.29) is 11.5 Å². The highest BCUT2D eigenvalue weighted by Crippen LogP contribution is 2.19. The van der Waals surface area contributed by atoms with E-state index >= 15 is 0 Å². The van der Waals surface area contributed by atoms with Crippen molar-refractivity contribution in [3.05, 3.63) is 23.8 Å². The van der Waals surface area contributed by atoms with Crippen LogP contribution < -0.4 is 15.8 Å². The van der Waals surface area contributed by atoms with Crippen molar-refractivity contribution in [2.24, 2.45) is 0 Å². The standard InChI is InChI=1S/C15H22N2O4/c1-9(13(18)17-15(2,3)4)21-14(19)10-6-11(16)8-12(7-10)20-5/h6-9H,16H2,1-5H3,(H,17,18). The van der Waals surface area contributed by atoms with Crippen LogP contribution >= 0.6 is 0 Å². The first-order valence-corrected chi connectivity index (χ1v) is 6.60. The Labute approximate surface area is 124 Å². The first-order valence-electron chi connectivity index (χ1n) is 6.60. The quantitative estimate of drug-likeness (QED) is 0.652. The number of hydrogen-bond donors (Lipinski definition) is 2. The zero-order valence-corrected chi connectivity index (χ0v) is 13.0. The monoisotopic (exact) mass is 294 g/mol. The van der Waals surface area contributed by atoms with Crippen LogP contribution in [0.15, 0.2) is 18.2 Å². The van der Waals surface area contributed by atoms with Crippen molar-refractivity contribution in [2.75, 3.05) is 12.8 Å². The molecular weight excluding hydrogens is 272 g/mol. The number of hydrogen-bond acceptors (Lipinski definition) is 5. The molecule has 1 rings (SSSR count). The van der Waals surface area contributed by atoms with Crippen LogP contribution in [0.3, 0.4) is 0 Å². The number of amides is 1. The van der Waals surface area contributed by atoms with E-state index in [0.29, 0.717) is 11.4 Å². The highest BCUT2D eigenvalue weighted by molar-refractivity contribution is 5.93. The van der Waals surface area contributed by atoms with Crippen LogP contribution in [-0.4, -0.2) is 30.6 Å². The molecule has 1 unspecified atom stereocenters. The van der Waals surface area contributed by atoms with E-state index in [0.717, 1.165) is 0 Å². The number of benzene rings is 1. The molecule has 0 fully saturated rings. The molecular formula is C15H22N2O4. The van der Waals surface area contributed by atoms with Crippen molar-refractivity contribution in [3.8, 4) is 5.75 Å². The van der Waals surface area contributed by atoms with Gasteiger partial charge in [0.1, 0.15) is 5.75 Å². The predicted octanol–water partition coefficient (Wildman–Crippen LogP) is 1.74. The highest BCUT2D eigenvalue weighted by atomic mass is 16.5. The van der Waals surface area contributed by atoms with E-state index in [1.54, 1.807) is 6.07 Å². The second kappa shape index (κ2) is 6.47. The maximum absolute atomic E-state index is 12.0. The fourth-order valence-corrected chi connectivity index (χ4v) is 1.61. The fraction of sp³-hybridized carbons (Fsp3) is 0.467. The average molecular weight is 294 g/mol. The number of anilines is 1. The molecule has 0 aliphatic rings. The average Bonchev–Trinajstić information content (AvgIpc) is 2.35. The molecule has 0 aromatic heterocycles. The van der Waals surface area contributed by atoms with Gasteiger partial charge in [-0.2, -0.15) is 0 Å². The van der Waals surface area contributed by atoms with Crippen molar-refractivity contribution in [1.82, 2.24) is 5.32 Å². The summed E-state index contributed by atoms with van der Waals surface area (Å²) in [4.78, 5) is 23.9. The SMILES string of the molecule is COc1cc(N)cc(C(=O)OC(C)C(=O)NC(C)(C)C)c1. The third-order valence-corrected chi connectivity index (χ3v) is 2.55. The number of carbonyl (C=O) groups excluding carboxylic acids is 2. The lowest BCUT2D eigenvalue weighted by Crippen LogP contribution is -2.46. The first-order chi connectivity index (χ1) is 9.62. The second-order valence-electron chi connectivity index (χ2n) is 5.78. The summed E-state index contributed by atoms with van der Waals surface area (Å²) in [6, 6.07) is 4.57. The van der Waals surface area contributed by atoms with Crippen molar-refractivity contribution in [3.63, 3.8) is 0 Å². The summed E-state index contributed by atoms with van der Waals surface area (Å²) in [5, 5.41) is 2.74. The fourth-order valence-electron chi connectivity index (χ4n) is 1.61. The Hall–Kier alpha value is -2.24. The highest BCUT2D eigenvalue weighted by Gasteiger charge is 2.23.